The van der Waals surface area contributed by atoms with Crippen LogP contribution in [0.25, 0.3) is 0 Å². The van der Waals surface area contributed by atoms with Crippen LogP contribution < -0.4 is 0 Å². The second kappa shape index (κ2) is 56.1. The number of unbranched alkanes of at least 4 members (excludes halogenated alkanes) is 48. The molecule has 0 aliphatic carbocycles. The van der Waals surface area contributed by atoms with Gasteiger partial charge in [-0.15, -0.1) is 0 Å². The van der Waals surface area contributed by atoms with Crippen molar-refractivity contribution >= 4 is 11.9 Å². The minimum Gasteiger partial charge on any atom is -0.462 e. The molecule has 0 N–H and O–H groups in total. The van der Waals surface area contributed by atoms with Crippen LogP contribution in [0, 0.1) is 0 Å². The summed E-state index contributed by atoms with van der Waals surface area (Å²) in [6.07, 6.45) is 70.0. The van der Waals surface area contributed by atoms with Crippen molar-refractivity contribution in [1.29, 1.82) is 0 Å². The number of hydrogen-bond acceptors (Lipinski definition) is 4. The second-order valence-electron chi connectivity index (χ2n) is 19.9. The largest absolute Gasteiger partial charge is 0.462 e. The molecule has 0 aromatic rings. The van der Waals surface area contributed by atoms with E-state index in [0.29, 0.717) is 12.8 Å². The van der Waals surface area contributed by atoms with Gasteiger partial charge in [0.25, 0.3) is 0 Å². The molecule has 4 heteroatoms. The first kappa shape index (κ1) is 60.9. The Hall–Kier alpha value is -1.06. The molecule has 0 unspecified atom stereocenters. The van der Waals surface area contributed by atoms with E-state index in [0.717, 1.165) is 25.7 Å². The van der Waals surface area contributed by atoms with Gasteiger partial charge in [-0.3, -0.25) is 9.59 Å². The summed E-state index contributed by atoms with van der Waals surface area (Å²) < 4.78 is 10.6. The Morgan fingerprint density at radius 1 is 0.210 bits per heavy atom. The molecule has 0 aliphatic heterocycles. The van der Waals surface area contributed by atoms with E-state index < -0.39 is 0 Å². The Bertz CT molecular complexity index is 773. The number of rotatable bonds is 55. The topological polar surface area (TPSA) is 52.6 Å². The van der Waals surface area contributed by atoms with Crippen LogP contribution in [0.4, 0.5) is 0 Å². The summed E-state index contributed by atoms with van der Waals surface area (Å²) in [4.78, 5) is 24.1. The van der Waals surface area contributed by atoms with E-state index in [-0.39, 0.29) is 25.2 Å². The van der Waals surface area contributed by atoms with Crippen molar-refractivity contribution in [3.63, 3.8) is 0 Å². The van der Waals surface area contributed by atoms with E-state index in [1.165, 1.54) is 295 Å². The molecule has 62 heavy (non-hydrogen) atoms. The lowest BCUT2D eigenvalue weighted by Crippen LogP contribution is -2.13. The van der Waals surface area contributed by atoms with Crippen molar-refractivity contribution < 1.29 is 19.1 Å². The first-order valence-corrected chi connectivity index (χ1v) is 29.0. The van der Waals surface area contributed by atoms with Crippen LogP contribution in [0.5, 0.6) is 0 Å². The summed E-state index contributed by atoms with van der Waals surface area (Å²) in [5, 5.41) is 0. The minimum absolute atomic E-state index is 0.157. The van der Waals surface area contributed by atoms with Crippen LogP contribution in [0.1, 0.15) is 348 Å². The monoisotopic (exact) mass is 875 g/mol. The quantitative estimate of drug-likeness (QED) is 0.0451. The van der Waals surface area contributed by atoms with E-state index in [9.17, 15) is 9.59 Å². The van der Waals surface area contributed by atoms with Gasteiger partial charge >= 0.3 is 11.9 Å². The normalized spacial score (nSPS) is 11.5. The van der Waals surface area contributed by atoms with Crippen LogP contribution >= 0.6 is 0 Å². The SMILES string of the molecule is CCCCCCCCCCCCCCCCCCCCCCCCCCCC(=O)OCCOC(=O)CCCCCCCCCCCCCCCCCCCCCCCCCCC. The predicted molar refractivity (Wildman–Crippen MR) is 273 cm³/mol. The molecule has 0 rings (SSSR count). The molecule has 0 aromatic heterocycles. The Labute approximate surface area is 390 Å². The molecular weight excluding hydrogens is 761 g/mol. The summed E-state index contributed by atoms with van der Waals surface area (Å²) in [5.41, 5.74) is 0. The fourth-order valence-electron chi connectivity index (χ4n) is 9.27. The van der Waals surface area contributed by atoms with Gasteiger partial charge in [0.05, 0.1) is 0 Å². The van der Waals surface area contributed by atoms with E-state index in [1.54, 1.807) is 0 Å². The van der Waals surface area contributed by atoms with Gasteiger partial charge in [-0.2, -0.15) is 0 Å². The maximum Gasteiger partial charge on any atom is 0.305 e. The van der Waals surface area contributed by atoms with Crippen molar-refractivity contribution in [3.05, 3.63) is 0 Å². The summed E-state index contributed by atoms with van der Waals surface area (Å²) >= 11 is 0. The molecule has 0 heterocycles. The average molecular weight is 876 g/mol. The lowest BCUT2D eigenvalue weighted by molar-refractivity contribution is -0.152. The van der Waals surface area contributed by atoms with Crippen LogP contribution in [0.15, 0.2) is 0 Å². The fourth-order valence-corrected chi connectivity index (χ4v) is 9.27. The molecule has 0 saturated heterocycles. The van der Waals surface area contributed by atoms with Gasteiger partial charge in [0.2, 0.25) is 0 Å². The first-order chi connectivity index (χ1) is 30.7. The molecule has 0 bridgehead atoms. The summed E-state index contributed by atoms with van der Waals surface area (Å²) in [6.45, 7) is 4.97. The molecule has 0 fully saturated rings. The molecule has 4 nitrogen and oxygen atoms in total. The third kappa shape index (κ3) is 55.1. The maximum absolute atomic E-state index is 12.0. The molecule has 0 radical (unpaired) electrons. The maximum atomic E-state index is 12.0. The van der Waals surface area contributed by atoms with Crippen molar-refractivity contribution in [2.45, 2.75) is 348 Å². The van der Waals surface area contributed by atoms with Gasteiger partial charge in [0.1, 0.15) is 13.2 Å². The third-order valence-corrected chi connectivity index (χ3v) is 13.6. The van der Waals surface area contributed by atoms with E-state index >= 15 is 0 Å². The molecule has 0 amide bonds. The Kier molecular flexibility index (Phi) is 55.1. The van der Waals surface area contributed by atoms with Crippen LogP contribution in [0.3, 0.4) is 0 Å². The van der Waals surface area contributed by atoms with Crippen LogP contribution in [0.2, 0.25) is 0 Å². The van der Waals surface area contributed by atoms with Gasteiger partial charge in [0, 0.05) is 12.8 Å². The Balaban J connectivity index is 3.22. The molecular formula is C58H114O4. The lowest BCUT2D eigenvalue weighted by Gasteiger charge is -2.07. The Morgan fingerprint density at radius 3 is 0.484 bits per heavy atom. The van der Waals surface area contributed by atoms with Crippen molar-refractivity contribution in [3.8, 4) is 0 Å². The fraction of sp³-hybridized carbons (Fsp3) is 0.966. The van der Waals surface area contributed by atoms with Crippen LogP contribution in [-0.2, 0) is 19.1 Å². The predicted octanol–water partition coefficient (Wildman–Crippen LogP) is 20.4. The molecule has 370 valence electrons. The van der Waals surface area contributed by atoms with E-state index in [2.05, 4.69) is 13.8 Å². The van der Waals surface area contributed by atoms with Crippen molar-refractivity contribution in [1.82, 2.24) is 0 Å². The van der Waals surface area contributed by atoms with E-state index in [1.807, 2.05) is 0 Å². The van der Waals surface area contributed by atoms with Gasteiger partial charge in [-0.25, -0.2) is 0 Å². The van der Waals surface area contributed by atoms with Gasteiger partial charge < -0.3 is 9.47 Å². The molecule has 0 saturated carbocycles. The molecule has 0 aliphatic rings. The van der Waals surface area contributed by atoms with Crippen LogP contribution in [-0.4, -0.2) is 25.2 Å². The minimum atomic E-state index is -0.157. The summed E-state index contributed by atoms with van der Waals surface area (Å²) in [5.74, 6) is -0.314. The summed E-state index contributed by atoms with van der Waals surface area (Å²) in [7, 11) is 0. The summed E-state index contributed by atoms with van der Waals surface area (Å²) in [6, 6.07) is 0. The van der Waals surface area contributed by atoms with Crippen molar-refractivity contribution in [2.75, 3.05) is 13.2 Å². The third-order valence-electron chi connectivity index (χ3n) is 13.6. The van der Waals surface area contributed by atoms with Crippen molar-refractivity contribution in [2.24, 2.45) is 0 Å². The zero-order valence-electron chi connectivity index (χ0n) is 42.8. The number of ether oxygens (including phenoxy) is 2. The number of carbonyl (C=O) groups excluding carboxylic acids is 2. The second-order valence-corrected chi connectivity index (χ2v) is 19.9. The number of carbonyl (C=O) groups is 2. The van der Waals surface area contributed by atoms with Gasteiger partial charge in [-0.1, -0.05) is 322 Å². The standard InChI is InChI=1S/C58H114O4/c1-3-5-7-9-11-13-15-17-19-21-23-25-27-29-31-33-35-37-39-41-43-45-47-49-51-53-57(59)61-55-56-62-58(60)54-52-50-48-46-44-42-40-38-36-34-32-30-28-26-24-22-20-18-16-14-12-10-8-6-4-2/h3-56H2,1-2H3. The van der Waals surface area contributed by atoms with Gasteiger partial charge in [0.15, 0.2) is 0 Å². The first-order valence-electron chi connectivity index (χ1n) is 29.0. The highest BCUT2D eigenvalue weighted by Gasteiger charge is 2.06. The number of esters is 2. The number of hydrogen-bond donors (Lipinski definition) is 0. The Morgan fingerprint density at radius 2 is 0.339 bits per heavy atom. The molecule has 0 aromatic carbocycles. The highest BCUT2D eigenvalue weighted by atomic mass is 16.6. The van der Waals surface area contributed by atoms with Gasteiger partial charge in [-0.05, 0) is 12.8 Å². The zero-order valence-corrected chi connectivity index (χ0v) is 42.8. The smallest absolute Gasteiger partial charge is 0.305 e. The lowest BCUT2D eigenvalue weighted by atomic mass is 10.0. The molecule has 0 spiro atoms. The molecule has 0 atom stereocenters. The van der Waals surface area contributed by atoms with E-state index in [4.69, 9.17) is 9.47 Å². The highest BCUT2D eigenvalue weighted by molar-refractivity contribution is 5.70. The zero-order chi connectivity index (χ0) is 44.8. The average Bonchev–Trinajstić information content (AvgIpc) is 3.27. The highest BCUT2D eigenvalue weighted by Crippen LogP contribution is 2.18.